The number of carbonyl (C=O) groups excluding carboxylic acids is 1. The van der Waals surface area contributed by atoms with Crippen LogP contribution in [0.25, 0.3) is 0 Å². The van der Waals surface area contributed by atoms with Crippen LogP contribution in [0.5, 0.6) is 0 Å². The third-order valence-corrected chi connectivity index (χ3v) is 3.32. The zero-order valence-corrected chi connectivity index (χ0v) is 10.5. The number of aryl methyl sites for hydroxylation is 2. The van der Waals surface area contributed by atoms with Gasteiger partial charge in [0.25, 0.3) is 0 Å². The molecule has 1 aromatic carbocycles. The van der Waals surface area contributed by atoms with Crippen LogP contribution in [0.4, 0.5) is 0 Å². The van der Waals surface area contributed by atoms with Gasteiger partial charge in [0.1, 0.15) is 6.23 Å². The minimum Gasteiger partial charge on any atom is -0.357 e. The summed E-state index contributed by atoms with van der Waals surface area (Å²) in [5.74, 6) is 0.193. The van der Waals surface area contributed by atoms with Gasteiger partial charge in [0.15, 0.2) is 0 Å². The van der Waals surface area contributed by atoms with E-state index in [1.54, 1.807) is 0 Å². The van der Waals surface area contributed by atoms with E-state index >= 15 is 0 Å². The molecule has 1 heterocycles. The van der Waals surface area contributed by atoms with Crippen molar-refractivity contribution in [2.24, 2.45) is 0 Å². The molecule has 0 aromatic heterocycles. The van der Waals surface area contributed by atoms with Crippen molar-refractivity contribution in [3.05, 3.63) is 35.4 Å². The molecule has 0 radical (unpaired) electrons. The smallest absolute Gasteiger partial charge is 0.225 e. The van der Waals surface area contributed by atoms with Gasteiger partial charge in [-0.05, 0) is 31.4 Å². The summed E-state index contributed by atoms with van der Waals surface area (Å²) in [6.07, 6.45) is 1.33. The van der Waals surface area contributed by atoms with Crippen LogP contribution in [0.3, 0.4) is 0 Å². The maximum Gasteiger partial charge on any atom is 0.225 e. The second kappa shape index (κ2) is 5.32. The highest BCUT2D eigenvalue weighted by molar-refractivity contribution is 5.76. The summed E-state index contributed by atoms with van der Waals surface area (Å²) < 4.78 is 5.37. The zero-order chi connectivity index (χ0) is 12.3. The summed E-state index contributed by atoms with van der Waals surface area (Å²) in [4.78, 5) is 13.8. The van der Waals surface area contributed by atoms with Crippen molar-refractivity contribution in [1.29, 1.82) is 0 Å². The molecule has 1 fully saturated rings. The van der Waals surface area contributed by atoms with Gasteiger partial charge in [0.2, 0.25) is 5.91 Å². The third-order valence-electron chi connectivity index (χ3n) is 3.32. The Morgan fingerprint density at radius 2 is 2.24 bits per heavy atom. The summed E-state index contributed by atoms with van der Waals surface area (Å²) in [5, 5.41) is 0. The lowest BCUT2D eigenvalue weighted by Crippen LogP contribution is -2.34. The lowest BCUT2D eigenvalue weighted by Gasteiger charge is -2.19. The van der Waals surface area contributed by atoms with Gasteiger partial charge in [0.05, 0.1) is 6.61 Å². The van der Waals surface area contributed by atoms with Crippen molar-refractivity contribution in [3.63, 3.8) is 0 Å². The van der Waals surface area contributed by atoms with Crippen LogP contribution < -0.4 is 0 Å². The fourth-order valence-electron chi connectivity index (χ4n) is 2.20. The van der Waals surface area contributed by atoms with Crippen LogP contribution in [0.15, 0.2) is 24.3 Å². The Morgan fingerprint density at radius 1 is 1.47 bits per heavy atom. The molecule has 1 saturated heterocycles. The number of nitrogens with zero attached hydrogens (tertiary/aromatic N) is 1. The highest BCUT2D eigenvalue weighted by Gasteiger charge is 2.25. The molecule has 3 nitrogen and oxygen atoms in total. The summed E-state index contributed by atoms with van der Waals surface area (Å²) in [6.45, 7) is 5.41. The molecular weight excluding hydrogens is 214 g/mol. The second-order valence-electron chi connectivity index (χ2n) is 4.48. The molecule has 92 valence electrons. The van der Waals surface area contributed by atoms with E-state index in [1.807, 2.05) is 24.0 Å². The van der Waals surface area contributed by atoms with Crippen molar-refractivity contribution in [3.8, 4) is 0 Å². The summed E-state index contributed by atoms with van der Waals surface area (Å²) >= 11 is 0. The number of carbonyl (C=O) groups is 1. The Morgan fingerprint density at radius 3 is 2.88 bits per heavy atom. The van der Waals surface area contributed by atoms with Gasteiger partial charge in [-0.1, -0.05) is 24.3 Å². The zero-order valence-electron chi connectivity index (χ0n) is 10.5. The molecular formula is C14H19NO2. The molecule has 1 atom stereocenters. The maximum absolute atomic E-state index is 12.0. The number of ether oxygens (including phenoxy) is 1. The first-order valence-electron chi connectivity index (χ1n) is 6.14. The van der Waals surface area contributed by atoms with Gasteiger partial charge in [-0.25, -0.2) is 0 Å². The van der Waals surface area contributed by atoms with Crippen molar-refractivity contribution in [2.75, 3.05) is 13.2 Å². The Labute approximate surface area is 102 Å². The molecule has 1 amide bonds. The van der Waals surface area contributed by atoms with Crippen LogP contribution in [-0.2, 0) is 16.0 Å². The molecule has 1 aliphatic heterocycles. The monoisotopic (exact) mass is 233 g/mol. The van der Waals surface area contributed by atoms with Crippen LogP contribution in [0.2, 0.25) is 0 Å². The van der Waals surface area contributed by atoms with Crippen LogP contribution in [0, 0.1) is 6.92 Å². The molecule has 2 rings (SSSR count). The van der Waals surface area contributed by atoms with Crippen molar-refractivity contribution >= 4 is 5.91 Å². The highest BCUT2D eigenvalue weighted by Crippen LogP contribution is 2.14. The van der Waals surface area contributed by atoms with Crippen molar-refractivity contribution in [2.45, 2.75) is 32.9 Å². The van der Waals surface area contributed by atoms with Crippen LogP contribution in [-0.4, -0.2) is 30.2 Å². The van der Waals surface area contributed by atoms with Gasteiger partial charge in [-0.15, -0.1) is 0 Å². The Hall–Kier alpha value is -1.35. The van der Waals surface area contributed by atoms with E-state index in [9.17, 15) is 4.79 Å². The standard InChI is InChI=1S/C14H19NO2/c1-11-5-3-4-6-13(11)7-8-14(16)15-9-10-17-12(15)2/h3-6,12H,7-10H2,1-2H3. The summed E-state index contributed by atoms with van der Waals surface area (Å²) in [5.41, 5.74) is 2.51. The van der Waals surface area contributed by atoms with Gasteiger partial charge < -0.3 is 9.64 Å². The number of amides is 1. The van der Waals surface area contributed by atoms with Crippen molar-refractivity contribution < 1.29 is 9.53 Å². The highest BCUT2D eigenvalue weighted by atomic mass is 16.5. The lowest BCUT2D eigenvalue weighted by atomic mass is 10.0. The molecule has 1 unspecified atom stereocenters. The van der Waals surface area contributed by atoms with E-state index in [4.69, 9.17) is 4.74 Å². The quantitative estimate of drug-likeness (QED) is 0.800. The van der Waals surface area contributed by atoms with Gasteiger partial charge >= 0.3 is 0 Å². The van der Waals surface area contributed by atoms with Gasteiger partial charge in [-0.3, -0.25) is 4.79 Å². The molecule has 0 saturated carbocycles. The Kier molecular flexibility index (Phi) is 3.79. The SMILES string of the molecule is Cc1ccccc1CCC(=O)N1CCOC1C. The van der Waals surface area contributed by atoms with E-state index in [2.05, 4.69) is 19.1 Å². The minimum atomic E-state index is -0.0561. The number of benzene rings is 1. The molecule has 17 heavy (non-hydrogen) atoms. The number of hydrogen-bond donors (Lipinski definition) is 0. The van der Waals surface area contributed by atoms with Crippen molar-refractivity contribution in [1.82, 2.24) is 4.90 Å². The van der Waals surface area contributed by atoms with Gasteiger partial charge in [0, 0.05) is 13.0 Å². The summed E-state index contributed by atoms with van der Waals surface area (Å²) in [6, 6.07) is 8.22. The van der Waals surface area contributed by atoms with Crippen LogP contribution in [0.1, 0.15) is 24.5 Å². The molecule has 0 aliphatic carbocycles. The lowest BCUT2D eigenvalue weighted by molar-refractivity contribution is -0.135. The van der Waals surface area contributed by atoms with E-state index in [0.717, 1.165) is 13.0 Å². The average Bonchev–Trinajstić information content (AvgIpc) is 2.74. The minimum absolute atomic E-state index is 0.0561. The molecule has 1 aliphatic rings. The predicted molar refractivity (Wildman–Crippen MR) is 66.6 cm³/mol. The number of hydrogen-bond acceptors (Lipinski definition) is 2. The fourth-order valence-corrected chi connectivity index (χ4v) is 2.20. The molecule has 0 N–H and O–H groups in total. The topological polar surface area (TPSA) is 29.5 Å². The maximum atomic E-state index is 12.0. The largest absolute Gasteiger partial charge is 0.357 e. The fraction of sp³-hybridized carbons (Fsp3) is 0.500. The molecule has 3 heteroatoms. The molecule has 1 aromatic rings. The molecule has 0 bridgehead atoms. The molecule has 0 spiro atoms. The number of rotatable bonds is 3. The van der Waals surface area contributed by atoms with Gasteiger partial charge in [-0.2, -0.15) is 0 Å². The predicted octanol–water partition coefficient (Wildman–Crippen LogP) is 2.13. The average molecular weight is 233 g/mol. The first-order chi connectivity index (χ1) is 8.18. The van der Waals surface area contributed by atoms with E-state index in [1.165, 1.54) is 11.1 Å². The Balaban J connectivity index is 1.90. The first kappa shape index (κ1) is 12.1. The second-order valence-corrected chi connectivity index (χ2v) is 4.48. The van der Waals surface area contributed by atoms with E-state index in [0.29, 0.717) is 13.0 Å². The normalized spacial score (nSPS) is 19.6. The first-order valence-corrected chi connectivity index (χ1v) is 6.14. The third kappa shape index (κ3) is 2.86. The summed E-state index contributed by atoms with van der Waals surface area (Å²) in [7, 11) is 0. The van der Waals surface area contributed by atoms with E-state index in [-0.39, 0.29) is 12.1 Å². The van der Waals surface area contributed by atoms with E-state index < -0.39 is 0 Å². The van der Waals surface area contributed by atoms with Crippen LogP contribution >= 0.6 is 0 Å². The Bertz CT molecular complexity index is 403.